The second kappa shape index (κ2) is 6.91. The monoisotopic (exact) mass is 289 g/mol. The second-order valence-corrected chi connectivity index (χ2v) is 5.90. The molecule has 0 radical (unpaired) electrons. The van der Waals surface area contributed by atoms with Crippen molar-refractivity contribution in [3.05, 3.63) is 23.8 Å². The van der Waals surface area contributed by atoms with E-state index in [9.17, 15) is 9.67 Å². The number of hydrogen-bond donors (Lipinski definition) is 2. The van der Waals surface area contributed by atoms with Crippen LogP contribution in [0.2, 0.25) is 0 Å². The summed E-state index contributed by atoms with van der Waals surface area (Å²) >= 11 is 0. The fraction of sp³-hybridized carbons (Fsp3) is 0.500. The van der Waals surface area contributed by atoms with Crippen molar-refractivity contribution in [2.45, 2.75) is 19.6 Å². The molecule has 0 unspecified atom stereocenters. The van der Waals surface area contributed by atoms with Crippen molar-refractivity contribution in [3.8, 4) is 11.5 Å². The molecule has 7 heteroatoms. The predicted octanol–water partition coefficient (Wildman–Crippen LogP) is 2.62. The van der Waals surface area contributed by atoms with Crippen LogP contribution in [0.4, 0.5) is 0 Å². The third-order valence-corrected chi connectivity index (χ3v) is 4.71. The second-order valence-electron chi connectivity index (χ2n) is 3.74. The first-order valence-corrected chi connectivity index (χ1v) is 7.61. The molecular formula is C12H20NO5P. The van der Waals surface area contributed by atoms with E-state index in [4.69, 9.17) is 19.5 Å². The largest absolute Gasteiger partial charge is 0.507 e. The third-order valence-electron chi connectivity index (χ3n) is 2.52. The van der Waals surface area contributed by atoms with Crippen molar-refractivity contribution in [2.75, 3.05) is 20.3 Å². The standard InChI is InChI=1S/C12H20NO5P/c1-4-17-19(15,18-5-2)12(13)10-7-6-9(16-3)8-11(10)14/h6-8,12,14H,4-5,13H2,1-3H3/t12-/m0/s1. The van der Waals surface area contributed by atoms with Gasteiger partial charge in [0, 0.05) is 11.6 Å². The van der Waals surface area contributed by atoms with Crippen LogP contribution in [0.5, 0.6) is 11.5 Å². The van der Waals surface area contributed by atoms with Crippen LogP contribution >= 0.6 is 7.60 Å². The van der Waals surface area contributed by atoms with E-state index in [1.807, 2.05) is 0 Å². The van der Waals surface area contributed by atoms with E-state index in [0.29, 0.717) is 11.3 Å². The van der Waals surface area contributed by atoms with Crippen molar-refractivity contribution >= 4 is 7.60 Å². The quantitative estimate of drug-likeness (QED) is 0.750. The van der Waals surface area contributed by atoms with E-state index in [1.54, 1.807) is 26.0 Å². The number of benzene rings is 1. The van der Waals surface area contributed by atoms with Gasteiger partial charge in [-0.3, -0.25) is 4.57 Å². The molecule has 1 aromatic carbocycles. The molecule has 0 fully saturated rings. The van der Waals surface area contributed by atoms with E-state index in [-0.39, 0.29) is 19.0 Å². The van der Waals surface area contributed by atoms with Gasteiger partial charge in [0.25, 0.3) is 0 Å². The number of aromatic hydroxyl groups is 1. The lowest BCUT2D eigenvalue weighted by Gasteiger charge is -2.24. The number of hydrogen-bond acceptors (Lipinski definition) is 6. The van der Waals surface area contributed by atoms with E-state index >= 15 is 0 Å². The molecule has 0 heterocycles. The fourth-order valence-corrected chi connectivity index (χ4v) is 3.30. The summed E-state index contributed by atoms with van der Waals surface area (Å²) in [4.78, 5) is 0. The summed E-state index contributed by atoms with van der Waals surface area (Å²) in [5.74, 6) is -0.666. The van der Waals surface area contributed by atoms with Gasteiger partial charge in [-0.15, -0.1) is 0 Å². The number of nitrogens with two attached hydrogens (primary N) is 1. The first-order valence-electron chi connectivity index (χ1n) is 5.99. The van der Waals surface area contributed by atoms with Crippen molar-refractivity contribution in [3.63, 3.8) is 0 Å². The Kier molecular flexibility index (Phi) is 5.82. The molecule has 0 aliphatic carbocycles. The van der Waals surface area contributed by atoms with E-state index in [1.165, 1.54) is 13.2 Å². The Morgan fingerprint density at radius 3 is 2.32 bits per heavy atom. The lowest BCUT2D eigenvalue weighted by molar-refractivity contribution is 0.212. The molecule has 108 valence electrons. The highest BCUT2D eigenvalue weighted by Gasteiger charge is 2.35. The Balaban J connectivity index is 3.09. The highest BCUT2D eigenvalue weighted by atomic mass is 31.2. The Hall–Kier alpha value is -1.07. The van der Waals surface area contributed by atoms with E-state index in [0.717, 1.165) is 0 Å². The summed E-state index contributed by atoms with van der Waals surface area (Å²) in [6, 6.07) is 4.57. The summed E-state index contributed by atoms with van der Waals surface area (Å²) in [5, 5.41) is 9.90. The van der Waals surface area contributed by atoms with Crippen molar-refractivity contribution in [2.24, 2.45) is 5.73 Å². The highest BCUT2D eigenvalue weighted by molar-refractivity contribution is 7.54. The smallest absolute Gasteiger partial charge is 0.351 e. The van der Waals surface area contributed by atoms with Gasteiger partial charge in [0.2, 0.25) is 0 Å². The Morgan fingerprint density at radius 2 is 1.89 bits per heavy atom. The van der Waals surface area contributed by atoms with Crippen LogP contribution in [0.25, 0.3) is 0 Å². The highest BCUT2D eigenvalue weighted by Crippen LogP contribution is 2.59. The van der Waals surface area contributed by atoms with Crippen LogP contribution < -0.4 is 10.5 Å². The number of phenols is 1. The van der Waals surface area contributed by atoms with Gasteiger partial charge in [-0.1, -0.05) is 0 Å². The summed E-state index contributed by atoms with van der Waals surface area (Å²) in [6.07, 6.45) is 0. The Morgan fingerprint density at radius 1 is 1.32 bits per heavy atom. The molecule has 0 saturated heterocycles. The van der Waals surface area contributed by atoms with E-state index < -0.39 is 13.4 Å². The van der Waals surface area contributed by atoms with Crippen LogP contribution in [0, 0.1) is 0 Å². The summed E-state index contributed by atoms with van der Waals surface area (Å²) in [7, 11) is -2.02. The molecule has 0 aliphatic heterocycles. The molecule has 0 spiro atoms. The average Bonchev–Trinajstić information content (AvgIpc) is 2.38. The van der Waals surface area contributed by atoms with Crippen LogP contribution in [0.1, 0.15) is 25.2 Å². The first kappa shape index (κ1) is 16.0. The molecule has 0 bridgehead atoms. The summed E-state index contributed by atoms with van der Waals surface area (Å²) in [6.45, 7) is 3.82. The van der Waals surface area contributed by atoms with Crippen molar-refractivity contribution in [1.82, 2.24) is 0 Å². The molecular weight excluding hydrogens is 269 g/mol. The lowest BCUT2D eigenvalue weighted by atomic mass is 10.2. The van der Waals surface area contributed by atoms with E-state index in [2.05, 4.69) is 0 Å². The molecule has 1 aromatic rings. The van der Waals surface area contributed by atoms with Gasteiger partial charge in [0.05, 0.1) is 20.3 Å². The zero-order valence-electron chi connectivity index (χ0n) is 11.3. The lowest BCUT2D eigenvalue weighted by Crippen LogP contribution is -2.15. The van der Waals surface area contributed by atoms with Gasteiger partial charge in [-0.25, -0.2) is 0 Å². The van der Waals surface area contributed by atoms with Crippen LogP contribution in [0.3, 0.4) is 0 Å². The minimum Gasteiger partial charge on any atom is -0.507 e. The number of phenolic OH excluding ortho intramolecular Hbond substituents is 1. The summed E-state index contributed by atoms with van der Waals surface area (Å²) < 4.78 is 27.8. The molecule has 0 saturated carbocycles. The van der Waals surface area contributed by atoms with Gasteiger partial charge in [-0.2, -0.15) is 0 Å². The Bertz CT molecular complexity index is 455. The normalized spacial score (nSPS) is 13.3. The Labute approximate surface area is 113 Å². The maximum atomic E-state index is 12.5. The number of methoxy groups -OCH3 is 1. The average molecular weight is 289 g/mol. The van der Waals surface area contributed by atoms with Crippen molar-refractivity contribution in [1.29, 1.82) is 0 Å². The summed E-state index contributed by atoms with van der Waals surface area (Å²) in [5.41, 5.74) is 6.22. The molecule has 1 atom stereocenters. The molecule has 6 nitrogen and oxygen atoms in total. The molecule has 19 heavy (non-hydrogen) atoms. The minimum atomic E-state index is -3.51. The molecule has 1 rings (SSSR count). The maximum absolute atomic E-state index is 12.5. The molecule has 0 aromatic heterocycles. The number of ether oxygens (including phenoxy) is 1. The third kappa shape index (κ3) is 3.70. The number of rotatable bonds is 7. The molecule has 3 N–H and O–H groups in total. The van der Waals surface area contributed by atoms with Gasteiger partial charge in [-0.05, 0) is 26.0 Å². The molecule has 0 aliphatic rings. The van der Waals surface area contributed by atoms with Crippen LogP contribution in [0.15, 0.2) is 18.2 Å². The fourth-order valence-electron chi connectivity index (χ4n) is 1.63. The van der Waals surface area contributed by atoms with Crippen LogP contribution in [-0.2, 0) is 13.6 Å². The SMILES string of the molecule is CCOP(=O)(OCC)[C@H](N)c1ccc(OC)cc1O. The minimum absolute atomic E-state index is 0.105. The van der Waals surface area contributed by atoms with Crippen LogP contribution in [-0.4, -0.2) is 25.4 Å². The molecule has 0 amide bonds. The zero-order valence-corrected chi connectivity index (χ0v) is 12.2. The van der Waals surface area contributed by atoms with Crippen molar-refractivity contribution < 1.29 is 23.5 Å². The first-order chi connectivity index (χ1) is 8.98. The van der Waals surface area contributed by atoms with Gasteiger partial charge in [0.15, 0.2) is 0 Å². The zero-order chi connectivity index (χ0) is 14.5. The van der Waals surface area contributed by atoms with Gasteiger partial charge < -0.3 is 24.6 Å². The topological polar surface area (TPSA) is 91.0 Å². The maximum Gasteiger partial charge on any atom is 0.351 e. The van der Waals surface area contributed by atoms with Gasteiger partial charge in [0.1, 0.15) is 17.3 Å². The predicted molar refractivity (Wildman–Crippen MR) is 72.4 cm³/mol. The van der Waals surface area contributed by atoms with Gasteiger partial charge >= 0.3 is 7.60 Å².